The maximum Gasteiger partial charge on any atom is 0.255 e. The highest BCUT2D eigenvalue weighted by atomic mass is 16.5. The first kappa shape index (κ1) is 17.7. The Balaban J connectivity index is 1.81. The van der Waals surface area contributed by atoms with E-state index in [1.165, 1.54) is 11.1 Å². The summed E-state index contributed by atoms with van der Waals surface area (Å²) in [7, 11) is 1.58. The number of anilines is 1. The van der Waals surface area contributed by atoms with E-state index in [1.54, 1.807) is 25.3 Å². The summed E-state index contributed by atoms with van der Waals surface area (Å²) < 4.78 is 7.10. The number of nitrogens with one attached hydrogen (secondary N) is 1. The molecule has 0 aliphatic rings. The molecular weight excluding hydrogens is 326 g/mol. The molecule has 0 fully saturated rings. The van der Waals surface area contributed by atoms with Gasteiger partial charge in [0.1, 0.15) is 5.75 Å². The zero-order chi connectivity index (χ0) is 18.7. The second-order valence-corrected chi connectivity index (χ2v) is 6.38. The van der Waals surface area contributed by atoms with Gasteiger partial charge in [-0.15, -0.1) is 0 Å². The van der Waals surface area contributed by atoms with E-state index in [4.69, 9.17) is 4.74 Å². The molecule has 134 valence electrons. The highest BCUT2D eigenvalue weighted by Gasteiger charge is 2.16. The van der Waals surface area contributed by atoms with E-state index >= 15 is 0 Å². The number of rotatable bonds is 5. The van der Waals surface area contributed by atoms with E-state index in [2.05, 4.69) is 41.6 Å². The minimum atomic E-state index is -0.176. The number of hydrogen-bond acceptors (Lipinski definition) is 3. The van der Waals surface area contributed by atoms with Crippen LogP contribution in [-0.4, -0.2) is 22.8 Å². The van der Waals surface area contributed by atoms with E-state index in [0.717, 1.165) is 17.1 Å². The maximum atomic E-state index is 12.6. The first-order valence-electron chi connectivity index (χ1n) is 8.53. The number of carbonyl (C=O) groups is 1. The molecule has 0 saturated carbocycles. The normalized spacial score (nSPS) is 10.6. The van der Waals surface area contributed by atoms with Gasteiger partial charge in [-0.25, -0.2) is 0 Å². The van der Waals surface area contributed by atoms with E-state index in [9.17, 15) is 4.79 Å². The number of carbonyl (C=O) groups excluding carboxylic acids is 1. The fourth-order valence-electron chi connectivity index (χ4n) is 2.85. The molecule has 1 aromatic heterocycles. The maximum absolute atomic E-state index is 12.6. The van der Waals surface area contributed by atoms with Crippen molar-refractivity contribution in [3.8, 4) is 5.75 Å². The molecule has 0 bridgehead atoms. The number of aromatic nitrogens is 2. The van der Waals surface area contributed by atoms with Gasteiger partial charge >= 0.3 is 0 Å². The van der Waals surface area contributed by atoms with Crippen molar-refractivity contribution < 1.29 is 9.53 Å². The third-order valence-corrected chi connectivity index (χ3v) is 4.40. The van der Waals surface area contributed by atoms with Crippen molar-refractivity contribution >= 4 is 11.6 Å². The first-order chi connectivity index (χ1) is 12.5. The van der Waals surface area contributed by atoms with Crippen molar-refractivity contribution in [2.24, 2.45) is 0 Å². The number of hydrogen-bond donors (Lipinski definition) is 1. The van der Waals surface area contributed by atoms with E-state index in [0.29, 0.717) is 17.9 Å². The van der Waals surface area contributed by atoms with E-state index in [-0.39, 0.29) is 5.91 Å². The van der Waals surface area contributed by atoms with Crippen LogP contribution >= 0.6 is 0 Å². The SMILES string of the molecule is COc1cccc(C(=O)Nc2c(C)nn(Cc3ccc(C)cc3)c2C)c1. The van der Waals surface area contributed by atoms with Crippen LogP contribution in [0.25, 0.3) is 0 Å². The highest BCUT2D eigenvalue weighted by Crippen LogP contribution is 2.22. The summed E-state index contributed by atoms with van der Waals surface area (Å²) in [5.41, 5.74) is 5.43. The lowest BCUT2D eigenvalue weighted by Gasteiger charge is -2.08. The van der Waals surface area contributed by atoms with E-state index in [1.807, 2.05) is 24.6 Å². The molecule has 0 aliphatic carbocycles. The predicted octanol–water partition coefficient (Wildman–Crippen LogP) is 4.12. The Morgan fingerprint density at radius 3 is 2.54 bits per heavy atom. The van der Waals surface area contributed by atoms with Crippen LogP contribution < -0.4 is 10.1 Å². The lowest BCUT2D eigenvalue weighted by atomic mass is 10.1. The molecule has 0 spiro atoms. The molecule has 0 saturated heterocycles. The Kier molecular flexibility index (Phi) is 5.07. The zero-order valence-electron chi connectivity index (χ0n) is 15.5. The van der Waals surface area contributed by atoms with Gasteiger partial charge in [0, 0.05) is 5.56 Å². The molecule has 1 amide bonds. The Morgan fingerprint density at radius 2 is 1.85 bits per heavy atom. The third kappa shape index (κ3) is 3.77. The van der Waals surface area contributed by atoms with Gasteiger partial charge in [-0.05, 0) is 44.5 Å². The quantitative estimate of drug-likeness (QED) is 0.754. The van der Waals surface area contributed by atoms with Crippen LogP contribution in [0.15, 0.2) is 48.5 Å². The lowest BCUT2D eigenvalue weighted by Crippen LogP contribution is -2.13. The molecule has 0 unspecified atom stereocenters. The second-order valence-electron chi connectivity index (χ2n) is 6.38. The van der Waals surface area contributed by atoms with Gasteiger partial charge in [-0.3, -0.25) is 9.48 Å². The van der Waals surface area contributed by atoms with Crippen LogP contribution in [0.3, 0.4) is 0 Å². The van der Waals surface area contributed by atoms with Crippen molar-refractivity contribution in [2.75, 3.05) is 12.4 Å². The Morgan fingerprint density at radius 1 is 1.12 bits per heavy atom. The standard InChI is InChI=1S/C21H23N3O2/c1-14-8-10-17(11-9-14)13-24-16(3)20(15(2)23-24)22-21(25)18-6-5-7-19(12-18)26-4/h5-12H,13H2,1-4H3,(H,22,25). The third-order valence-electron chi connectivity index (χ3n) is 4.40. The van der Waals surface area contributed by atoms with Crippen molar-refractivity contribution in [3.63, 3.8) is 0 Å². The lowest BCUT2D eigenvalue weighted by molar-refractivity contribution is 0.102. The van der Waals surface area contributed by atoms with Crippen LogP contribution in [-0.2, 0) is 6.54 Å². The van der Waals surface area contributed by atoms with Crippen LogP contribution in [0.2, 0.25) is 0 Å². The molecule has 2 aromatic carbocycles. The molecule has 1 heterocycles. The van der Waals surface area contributed by atoms with Crippen LogP contribution in [0.4, 0.5) is 5.69 Å². The van der Waals surface area contributed by atoms with Crippen LogP contribution in [0.1, 0.15) is 32.9 Å². The Labute approximate surface area is 153 Å². The molecule has 0 aliphatic heterocycles. The average Bonchev–Trinajstić information content (AvgIpc) is 2.91. The second kappa shape index (κ2) is 7.44. The summed E-state index contributed by atoms with van der Waals surface area (Å²) in [5, 5.41) is 7.57. The summed E-state index contributed by atoms with van der Waals surface area (Å²) in [5.74, 6) is 0.478. The molecule has 5 heteroatoms. The van der Waals surface area contributed by atoms with Crippen molar-refractivity contribution in [3.05, 3.63) is 76.6 Å². The molecule has 0 radical (unpaired) electrons. The molecule has 3 aromatic rings. The summed E-state index contributed by atoms with van der Waals surface area (Å²) >= 11 is 0. The first-order valence-corrected chi connectivity index (χ1v) is 8.53. The van der Waals surface area contributed by atoms with E-state index < -0.39 is 0 Å². The monoisotopic (exact) mass is 349 g/mol. The smallest absolute Gasteiger partial charge is 0.255 e. The van der Waals surface area contributed by atoms with Gasteiger partial charge in [0.15, 0.2) is 0 Å². The zero-order valence-corrected chi connectivity index (χ0v) is 15.5. The minimum Gasteiger partial charge on any atom is -0.497 e. The average molecular weight is 349 g/mol. The fraction of sp³-hybridized carbons (Fsp3) is 0.238. The number of nitrogens with zero attached hydrogens (tertiary/aromatic N) is 2. The van der Waals surface area contributed by atoms with Gasteiger partial charge in [0.25, 0.3) is 5.91 Å². The number of ether oxygens (including phenoxy) is 1. The largest absolute Gasteiger partial charge is 0.497 e. The summed E-state index contributed by atoms with van der Waals surface area (Å²) in [6.07, 6.45) is 0. The molecule has 26 heavy (non-hydrogen) atoms. The van der Waals surface area contributed by atoms with Crippen LogP contribution in [0, 0.1) is 20.8 Å². The number of benzene rings is 2. The highest BCUT2D eigenvalue weighted by molar-refractivity contribution is 6.05. The topological polar surface area (TPSA) is 56.1 Å². The summed E-state index contributed by atoms with van der Waals surface area (Å²) in [6.45, 7) is 6.61. The van der Waals surface area contributed by atoms with Gasteiger partial charge in [0.05, 0.1) is 30.7 Å². The summed E-state index contributed by atoms with van der Waals surface area (Å²) in [6, 6.07) is 15.5. The van der Waals surface area contributed by atoms with Gasteiger partial charge in [-0.2, -0.15) is 5.10 Å². The Bertz CT molecular complexity index is 927. The number of methoxy groups -OCH3 is 1. The fourth-order valence-corrected chi connectivity index (χ4v) is 2.85. The molecule has 0 atom stereocenters. The number of aryl methyl sites for hydroxylation is 2. The van der Waals surface area contributed by atoms with Crippen molar-refractivity contribution in [1.82, 2.24) is 9.78 Å². The molecular formula is C21H23N3O2. The van der Waals surface area contributed by atoms with Crippen molar-refractivity contribution in [1.29, 1.82) is 0 Å². The predicted molar refractivity (Wildman–Crippen MR) is 103 cm³/mol. The number of amides is 1. The van der Waals surface area contributed by atoms with Crippen LogP contribution in [0.5, 0.6) is 5.75 Å². The Hall–Kier alpha value is -3.08. The van der Waals surface area contributed by atoms with Gasteiger partial charge in [-0.1, -0.05) is 35.9 Å². The molecule has 3 rings (SSSR count). The summed E-state index contributed by atoms with van der Waals surface area (Å²) in [4.78, 5) is 12.6. The van der Waals surface area contributed by atoms with Crippen molar-refractivity contribution in [2.45, 2.75) is 27.3 Å². The molecule has 1 N–H and O–H groups in total. The van der Waals surface area contributed by atoms with Gasteiger partial charge in [0.2, 0.25) is 0 Å². The minimum absolute atomic E-state index is 0.176. The molecule has 5 nitrogen and oxygen atoms in total. The van der Waals surface area contributed by atoms with Gasteiger partial charge < -0.3 is 10.1 Å².